The number of aryl methyl sites for hydroxylation is 1. The Morgan fingerprint density at radius 3 is 2.33 bits per heavy atom. The van der Waals surface area contributed by atoms with Gasteiger partial charge in [-0.25, -0.2) is 9.97 Å². The number of nitrogens with one attached hydrogen (secondary N) is 1. The zero-order valence-corrected chi connectivity index (χ0v) is 9.49. The second-order valence-corrected chi connectivity index (χ2v) is 3.75. The summed E-state index contributed by atoms with van der Waals surface area (Å²) >= 11 is 0. The summed E-state index contributed by atoms with van der Waals surface area (Å²) in [7, 11) is 0. The van der Waals surface area contributed by atoms with Gasteiger partial charge in [0.25, 0.3) is 0 Å². The minimum absolute atomic E-state index is 0.0753. The maximum atomic E-state index is 12.4. The van der Waals surface area contributed by atoms with E-state index in [1.807, 2.05) is 19.1 Å². The monoisotopic (exact) mass is 253 g/mol. The third kappa shape index (κ3) is 2.97. The number of aromatic nitrogens is 2. The summed E-state index contributed by atoms with van der Waals surface area (Å²) in [6.45, 7) is 1.92. The highest BCUT2D eigenvalue weighted by Gasteiger charge is 2.32. The van der Waals surface area contributed by atoms with Gasteiger partial charge in [0.1, 0.15) is 5.69 Å². The lowest BCUT2D eigenvalue weighted by Crippen LogP contribution is -2.10. The first-order chi connectivity index (χ1) is 8.45. The molecule has 0 aliphatic carbocycles. The van der Waals surface area contributed by atoms with E-state index in [-0.39, 0.29) is 5.95 Å². The molecule has 1 aromatic heterocycles. The maximum absolute atomic E-state index is 12.4. The molecule has 0 spiro atoms. The predicted molar refractivity (Wildman–Crippen MR) is 61.5 cm³/mol. The molecule has 94 valence electrons. The Labute approximate surface area is 102 Å². The average molecular weight is 253 g/mol. The third-order valence-electron chi connectivity index (χ3n) is 2.25. The molecule has 0 radical (unpaired) electrons. The summed E-state index contributed by atoms with van der Waals surface area (Å²) in [5, 5.41) is 2.72. The number of nitrogens with zero attached hydrogens (tertiary/aromatic N) is 2. The first-order valence-corrected chi connectivity index (χ1v) is 5.19. The van der Waals surface area contributed by atoms with Crippen molar-refractivity contribution in [3.05, 3.63) is 47.8 Å². The number of rotatable bonds is 2. The van der Waals surface area contributed by atoms with Crippen molar-refractivity contribution in [2.24, 2.45) is 0 Å². The summed E-state index contributed by atoms with van der Waals surface area (Å²) in [5.74, 6) is -0.0753. The van der Waals surface area contributed by atoms with Crippen LogP contribution >= 0.6 is 0 Å². The van der Waals surface area contributed by atoms with Crippen LogP contribution in [0.15, 0.2) is 36.5 Å². The molecular formula is C12H10F3N3. The molecule has 1 N–H and O–H groups in total. The Kier molecular flexibility index (Phi) is 3.18. The fourth-order valence-electron chi connectivity index (χ4n) is 1.34. The van der Waals surface area contributed by atoms with Crippen LogP contribution in [0, 0.1) is 6.92 Å². The Hall–Kier alpha value is -2.11. The maximum Gasteiger partial charge on any atom is 0.433 e. The van der Waals surface area contributed by atoms with Crippen molar-refractivity contribution in [2.75, 3.05) is 5.32 Å². The summed E-state index contributed by atoms with van der Waals surface area (Å²) in [5.41, 5.74) is 0.734. The first-order valence-electron chi connectivity index (χ1n) is 5.19. The van der Waals surface area contributed by atoms with Crippen LogP contribution in [0.3, 0.4) is 0 Å². The van der Waals surface area contributed by atoms with Crippen molar-refractivity contribution in [3.8, 4) is 0 Å². The highest BCUT2D eigenvalue weighted by Crippen LogP contribution is 2.28. The number of hydrogen-bond acceptors (Lipinski definition) is 3. The van der Waals surface area contributed by atoms with Crippen LogP contribution in [-0.4, -0.2) is 9.97 Å². The van der Waals surface area contributed by atoms with Gasteiger partial charge >= 0.3 is 6.18 Å². The van der Waals surface area contributed by atoms with Gasteiger partial charge in [-0.15, -0.1) is 0 Å². The highest BCUT2D eigenvalue weighted by atomic mass is 19.4. The molecule has 2 aromatic rings. The van der Waals surface area contributed by atoms with Crippen molar-refractivity contribution in [3.63, 3.8) is 0 Å². The summed E-state index contributed by atoms with van der Waals surface area (Å²) in [6, 6.07) is 8.02. The molecule has 0 aliphatic heterocycles. The van der Waals surface area contributed by atoms with Gasteiger partial charge in [0.05, 0.1) is 0 Å². The van der Waals surface area contributed by atoms with Crippen LogP contribution in [0.25, 0.3) is 0 Å². The normalized spacial score (nSPS) is 11.3. The molecule has 18 heavy (non-hydrogen) atoms. The number of halogens is 3. The van der Waals surface area contributed by atoms with Crippen molar-refractivity contribution in [1.82, 2.24) is 9.97 Å². The molecule has 1 heterocycles. The molecule has 0 saturated carbocycles. The van der Waals surface area contributed by atoms with E-state index in [4.69, 9.17) is 0 Å². The Morgan fingerprint density at radius 2 is 1.72 bits per heavy atom. The summed E-state index contributed by atoms with van der Waals surface area (Å²) in [4.78, 5) is 7.16. The minimum atomic E-state index is -4.47. The van der Waals surface area contributed by atoms with Crippen molar-refractivity contribution in [1.29, 1.82) is 0 Å². The fourth-order valence-corrected chi connectivity index (χ4v) is 1.34. The second kappa shape index (κ2) is 4.64. The number of hydrogen-bond donors (Lipinski definition) is 1. The summed E-state index contributed by atoms with van der Waals surface area (Å²) in [6.07, 6.45) is -3.39. The van der Waals surface area contributed by atoms with Crippen LogP contribution in [0.2, 0.25) is 0 Å². The van der Waals surface area contributed by atoms with Crippen LogP contribution in [0.4, 0.5) is 24.8 Å². The lowest BCUT2D eigenvalue weighted by molar-refractivity contribution is -0.141. The molecule has 0 unspecified atom stereocenters. The molecule has 6 heteroatoms. The van der Waals surface area contributed by atoms with E-state index in [9.17, 15) is 13.2 Å². The van der Waals surface area contributed by atoms with E-state index in [0.717, 1.165) is 17.8 Å². The predicted octanol–water partition coefficient (Wildman–Crippen LogP) is 3.55. The van der Waals surface area contributed by atoms with Gasteiger partial charge in [-0.05, 0) is 25.1 Å². The van der Waals surface area contributed by atoms with E-state index in [1.54, 1.807) is 12.1 Å². The standard InChI is InChI=1S/C12H10F3N3/c1-8-2-4-9(5-3-8)17-11-16-7-6-10(18-11)12(13,14)15/h2-7H,1H3,(H,16,17,18). The highest BCUT2D eigenvalue weighted by molar-refractivity contribution is 5.53. The largest absolute Gasteiger partial charge is 0.433 e. The molecule has 0 fully saturated rings. The van der Waals surface area contributed by atoms with E-state index in [2.05, 4.69) is 15.3 Å². The third-order valence-corrected chi connectivity index (χ3v) is 2.25. The van der Waals surface area contributed by atoms with Gasteiger partial charge in [-0.2, -0.15) is 13.2 Å². The van der Waals surface area contributed by atoms with Gasteiger partial charge in [-0.1, -0.05) is 17.7 Å². The molecule has 2 rings (SSSR count). The van der Waals surface area contributed by atoms with Crippen molar-refractivity contribution < 1.29 is 13.2 Å². The van der Waals surface area contributed by atoms with Gasteiger partial charge in [0.2, 0.25) is 5.95 Å². The molecule has 0 amide bonds. The molecular weight excluding hydrogens is 243 g/mol. The van der Waals surface area contributed by atoms with E-state index in [0.29, 0.717) is 5.69 Å². The van der Waals surface area contributed by atoms with Crippen molar-refractivity contribution in [2.45, 2.75) is 13.1 Å². The zero-order chi connectivity index (χ0) is 13.2. The topological polar surface area (TPSA) is 37.8 Å². The SMILES string of the molecule is Cc1ccc(Nc2nccc(C(F)(F)F)n2)cc1. The lowest BCUT2D eigenvalue weighted by atomic mass is 10.2. The molecule has 0 saturated heterocycles. The van der Waals surface area contributed by atoms with Crippen molar-refractivity contribution >= 4 is 11.6 Å². The van der Waals surface area contributed by atoms with Crippen LogP contribution in [0.5, 0.6) is 0 Å². The molecule has 0 atom stereocenters. The molecule has 3 nitrogen and oxygen atoms in total. The fraction of sp³-hybridized carbons (Fsp3) is 0.167. The van der Waals surface area contributed by atoms with E-state index >= 15 is 0 Å². The van der Waals surface area contributed by atoms with Crippen LogP contribution in [-0.2, 0) is 6.18 Å². The first kappa shape index (κ1) is 12.3. The smallest absolute Gasteiger partial charge is 0.324 e. The lowest BCUT2D eigenvalue weighted by Gasteiger charge is -2.08. The van der Waals surface area contributed by atoms with Gasteiger partial charge < -0.3 is 5.32 Å². The van der Waals surface area contributed by atoms with Crippen LogP contribution < -0.4 is 5.32 Å². The Balaban J connectivity index is 2.22. The van der Waals surface area contributed by atoms with Gasteiger partial charge in [0.15, 0.2) is 0 Å². The van der Waals surface area contributed by atoms with Crippen LogP contribution in [0.1, 0.15) is 11.3 Å². The average Bonchev–Trinajstić information content (AvgIpc) is 2.31. The van der Waals surface area contributed by atoms with Gasteiger partial charge in [0, 0.05) is 11.9 Å². The van der Waals surface area contributed by atoms with E-state index < -0.39 is 11.9 Å². The second-order valence-electron chi connectivity index (χ2n) is 3.75. The molecule has 0 bridgehead atoms. The quantitative estimate of drug-likeness (QED) is 0.889. The number of alkyl halides is 3. The number of benzene rings is 1. The number of anilines is 2. The zero-order valence-electron chi connectivity index (χ0n) is 9.49. The minimum Gasteiger partial charge on any atom is -0.324 e. The Bertz CT molecular complexity index is 535. The Morgan fingerprint density at radius 1 is 1.06 bits per heavy atom. The molecule has 0 aliphatic rings. The van der Waals surface area contributed by atoms with E-state index in [1.165, 1.54) is 0 Å². The summed E-state index contributed by atoms with van der Waals surface area (Å²) < 4.78 is 37.3. The molecule has 1 aromatic carbocycles. The van der Waals surface area contributed by atoms with Gasteiger partial charge in [-0.3, -0.25) is 0 Å².